The summed E-state index contributed by atoms with van der Waals surface area (Å²) in [6.45, 7) is 1.61. The highest BCUT2D eigenvalue weighted by Crippen LogP contribution is 2.32. The lowest BCUT2D eigenvalue weighted by Gasteiger charge is -2.43. The van der Waals surface area contributed by atoms with Gasteiger partial charge in [-0.1, -0.05) is 0 Å². The SMILES string of the molecule is CCOC(=O)C1(O)CC(O)C(O)C(O)C1OC. The van der Waals surface area contributed by atoms with E-state index in [9.17, 15) is 25.2 Å². The fourth-order valence-corrected chi connectivity index (χ4v) is 2.03. The lowest BCUT2D eigenvalue weighted by molar-refractivity contribution is -0.236. The molecule has 7 nitrogen and oxygen atoms in total. The monoisotopic (exact) mass is 250 g/mol. The average molecular weight is 250 g/mol. The summed E-state index contributed by atoms with van der Waals surface area (Å²) in [4.78, 5) is 11.6. The van der Waals surface area contributed by atoms with Crippen LogP contribution in [0.4, 0.5) is 0 Å². The highest BCUT2D eigenvalue weighted by atomic mass is 16.6. The molecular weight excluding hydrogens is 232 g/mol. The fourth-order valence-electron chi connectivity index (χ4n) is 2.03. The van der Waals surface area contributed by atoms with E-state index in [1.807, 2.05) is 0 Å². The number of aliphatic hydroxyl groups excluding tert-OH is 3. The van der Waals surface area contributed by atoms with Crippen molar-refractivity contribution in [2.24, 2.45) is 0 Å². The van der Waals surface area contributed by atoms with Crippen LogP contribution in [0.3, 0.4) is 0 Å². The first-order chi connectivity index (χ1) is 7.88. The third-order valence-electron chi connectivity index (χ3n) is 2.93. The van der Waals surface area contributed by atoms with Crippen LogP contribution >= 0.6 is 0 Å². The average Bonchev–Trinajstić information content (AvgIpc) is 2.27. The summed E-state index contributed by atoms with van der Waals surface area (Å²) in [5.41, 5.74) is -2.16. The van der Waals surface area contributed by atoms with Gasteiger partial charge >= 0.3 is 5.97 Å². The molecule has 4 N–H and O–H groups in total. The zero-order chi connectivity index (χ0) is 13.2. The summed E-state index contributed by atoms with van der Waals surface area (Å²) >= 11 is 0. The van der Waals surface area contributed by atoms with Crippen molar-refractivity contribution in [1.82, 2.24) is 0 Å². The van der Waals surface area contributed by atoms with Crippen molar-refractivity contribution in [2.45, 2.75) is 43.4 Å². The van der Waals surface area contributed by atoms with Crippen LogP contribution < -0.4 is 0 Å². The second-order valence-corrected chi connectivity index (χ2v) is 4.05. The van der Waals surface area contributed by atoms with Crippen LogP contribution in [0.15, 0.2) is 0 Å². The molecular formula is C10H18O7. The van der Waals surface area contributed by atoms with Crippen LogP contribution in [0, 0.1) is 0 Å². The number of hydrogen-bond acceptors (Lipinski definition) is 7. The number of esters is 1. The predicted molar refractivity (Wildman–Crippen MR) is 55.0 cm³/mol. The van der Waals surface area contributed by atoms with Gasteiger partial charge in [0.05, 0.1) is 12.7 Å². The van der Waals surface area contributed by atoms with E-state index in [-0.39, 0.29) is 6.61 Å². The summed E-state index contributed by atoms with van der Waals surface area (Å²) in [7, 11) is 1.18. The Labute approximate surface area is 98.6 Å². The van der Waals surface area contributed by atoms with Crippen LogP contribution in [0.1, 0.15) is 13.3 Å². The third kappa shape index (κ3) is 2.43. The van der Waals surface area contributed by atoms with Crippen molar-refractivity contribution < 1.29 is 34.7 Å². The summed E-state index contributed by atoms with van der Waals surface area (Å²) < 4.78 is 9.51. The van der Waals surface area contributed by atoms with Gasteiger partial charge in [-0.3, -0.25) is 0 Å². The highest BCUT2D eigenvalue weighted by Gasteiger charge is 2.57. The van der Waals surface area contributed by atoms with Gasteiger partial charge in [-0.2, -0.15) is 0 Å². The van der Waals surface area contributed by atoms with Crippen molar-refractivity contribution >= 4 is 5.97 Å². The first kappa shape index (κ1) is 14.3. The maximum Gasteiger partial charge on any atom is 0.341 e. The van der Waals surface area contributed by atoms with Crippen molar-refractivity contribution in [3.63, 3.8) is 0 Å². The van der Waals surface area contributed by atoms with E-state index in [4.69, 9.17) is 4.74 Å². The third-order valence-corrected chi connectivity index (χ3v) is 2.93. The number of hydrogen-bond donors (Lipinski definition) is 4. The molecule has 0 aromatic carbocycles. The first-order valence-electron chi connectivity index (χ1n) is 5.35. The molecule has 1 aliphatic rings. The van der Waals surface area contributed by atoms with Gasteiger partial charge in [0.2, 0.25) is 0 Å². The molecule has 5 atom stereocenters. The summed E-state index contributed by atoms with van der Waals surface area (Å²) in [6, 6.07) is 0. The second kappa shape index (κ2) is 5.28. The zero-order valence-electron chi connectivity index (χ0n) is 9.74. The minimum absolute atomic E-state index is 0.0479. The van der Waals surface area contributed by atoms with Crippen LogP contribution in [-0.2, 0) is 14.3 Å². The predicted octanol–water partition coefficient (Wildman–Crippen LogP) is -2.22. The molecule has 0 aromatic heterocycles. The van der Waals surface area contributed by atoms with Crippen molar-refractivity contribution in [2.75, 3.05) is 13.7 Å². The Bertz CT molecular complexity index is 282. The molecule has 0 aromatic rings. The molecule has 0 spiro atoms. The Morgan fingerprint density at radius 3 is 2.41 bits per heavy atom. The minimum atomic E-state index is -2.16. The number of carbonyl (C=O) groups is 1. The number of rotatable bonds is 3. The van der Waals surface area contributed by atoms with Crippen LogP contribution in [0.2, 0.25) is 0 Å². The number of carbonyl (C=O) groups excluding carboxylic acids is 1. The van der Waals surface area contributed by atoms with Gasteiger partial charge < -0.3 is 29.9 Å². The summed E-state index contributed by atoms with van der Waals surface area (Å²) in [6.07, 6.45) is -6.28. The molecule has 0 bridgehead atoms. The molecule has 1 saturated carbocycles. The molecule has 1 fully saturated rings. The lowest BCUT2D eigenvalue weighted by atomic mass is 9.77. The Hall–Kier alpha value is -0.730. The Morgan fingerprint density at radius 2 is 1.94 bits per heavy atom. The molecule has 1 aliphatic carbocycles. The molecule has 17 heavy (non-hydrogen) atoms. The van der Waals surface area contributed by atoms with Gasteiger partial charge in [-0.15, -0.1) is 0 Å². The highest BCUT2D eigenvalue weighted by molar-refractivity contribution is 5.80. The van der Waals surface area contributed by atoms with Crippen LogP contribution in [0.25, 0.3) is 0 Å². The van der Waals surface area contributed by atoms with Gasteiger partial charge in [0.15, 0.2) is 5.60 Å². The number of ether oxygens (including phenoxy) is 2. The molecule has 0 amide bonds. The largest absolute Gasteiger partial charge is 0.464 e. The van der Waals surface area contributed by atoms with Gasteiger partial charge in [-0.05, 0) is 6.92 Å². The van der Waals surface area contributed by atoms with Crippen molar-refractivity contribution in [3.05, 3.63) is 0 Å². The lowest BCUT2D eigenvalue weighted by Crippen LogP contribution is -2.66. The van der Waals surface area contributed by atoms with E-state index in [0.29, 0.717) is 0 Å². The van der Waals surface area contributed by atoms with E-state index in [0.717, 1.165) is 0 Å². The fraction of sp³-hybridized carbons (Fsp3) is 0.900. The number of aliphatic hydroxyl groups is 4. The van der Waals surface area contributed by atoms with E-state index in [1.54, 1.807) is 6.92 Å². The molecule has 0 aliphatic heterocycles. The Kier molecular flexibility index (Phi) is 4.45. The molecule has 0 saturated heterocycles. The van der Waals surface area contributed by atoms with Gasteiger partial charge in [0.1, 0.15) is 18.3 Å². The van der Waals surface area contributed by atoms with Gasteiger partial charge in [0.25, 0.3) is 0 Å². The van der Waals surface area contributed by atoms with E-state index in [1.165, 1.54) is 7.11 Å². The Morgan fingerprint density at radius 1 is 1.35 bits per heavy atom. The molecule has 0 heterocycles. The van der Waals surface area contributed by atoms with Crippen molar-refractivity contribution in [1.29, 1.82) is 0 Å². The normalized spacial score (nSPS) is 42.2. The maximum absolute atomic E-state index is 11.6. The smallest absolute Gasteiger partial charge is 0.341 e. The Balaban J connectivity index is 2.98. The molecule has 1 rings (SSSR count). The van der Waals surface area contributed by atoms with E-state index in [2.05, 4.69) is 4.74 Å². The van der Waals surface area contributed by atoms with E-state index < -0.39 is 42.4 Å². The number of methoxy groups -OCH3 is 1. The second-order valence-electron chi connectivity index (χ2n) is 4.05. The summed E-state index contributed by atoms with van der Waals surface area (Å²) in [5.74, 6) is -0.989. The van der Waals surface area contributed by atoms with Gasteiger partial charge in [-0.25, -0.2) is 4.79 Å². The molecule has 5 unspecified atom stereocenters. The topological polar surface area (TPSA) is 116 Å². The molecule has 100 valence electrons. The quantitative estimate of drug-likeness (QED) is 0.419. The maximum atomic E-state index is 11.6. The molecule has 0 radical (unpaired) electrons. The zero-order valence-corrected chi connectivity index (χ0v) is 9.74. The van der Waals surface area contributed by atoms with Gasteiger partial charge in [0, 0.05) is 13.5 Å². The summed E-state index contributed by atoms with van der Waals surface area (Å²) in [5, 5.41) is 38.7. The van der Waals surface area contributed by atoms with Crippen LogP contribution in [-0.4, -0.2) is 70.1 Å². The van der Waals surface area contributed by atoms with Crippen molar-refractivity contribution in [3.8, 4) is 0 Å². The standard InChI is InChI=1S/C10H18O7/c1-3-17-9(14)10(15)4-5(11)6(12)7(13)8(10)16-2/h5-8,11-13,15H,3-4H2,1-2H3. The first-order valence-corrected chi connectivity index (χ1v) is 5.35. The minimum Gasteiger partial charge on any atom is -0.464 e. The molecule has 7 heteroatoms. The van der Waals surface area contributed by atoms with Crippen LogP contribution in [0.5, 0.6) is 0 Å². The van der Waals surface area contributed by atoms with E-state index >= 15 is 0 Å².